The third kappa shape index (κ3) is 4.51. The van der Waals surface area contributed by atoms with Crippen molar-refractivity contribution in [1.82, 2.24) is 15.1 Å². The summed E-state index contributed by atoms with van der Waals surface area (Å²) in [7, 11) is 4.09. The lowest BCUT2D eigenvalue weighted by Gasteiger charge is -2.18. The van der Waals surface area contributed by atoms with E-state index < -0.39 is 0 Å². The van der Waals surface area contributed by atoms with Gasteiger partial charge in [0.25, 0.3) is 0 Å². The Bertz CT molecular complexity index is 344. The molecule has 4 nitrogen and oxygen atoms in total. The third-order valence-corrected chi connectivity index (χ3v) is 2.59. The van der Waals surface area contributed by atoms with Crippen LogP contribution in [0.3, 0.4) is 0 Å². The first-order chi connectivity index (χ1) is 7.49. The van der Waals surface area contributed by atoms with Gasteiger partial charge in [0.05, 0.1) is 5.69 Å². The minimum Gasteiger partial charge on any atom is -0.380 e. The van der Waals surface area contributed by atoms with Crippen LogP contribution < -0.4 is 5.32 Å². The largest absolute Gasteiger partial charge is 0.380 e. The molecule has 90 valence electrons. The second kappa shape index (κ2) is 6.23. The summed E-state index contributed by atoms with van der Waals surface area (Å²) in [6.07, 6.45) is 1.02. The van der Waals surface area contributed by atoms with Crippen molar-refractivity contribution < 1.29 is 0 Å². The molecule has 1 rings (SSSR count). The Balaban J connectivity index is 2.55. The topological polar surface area (TPSA) is 41.0 Å². The number of nitrogens with one attached hydrogen (secondary N) is 1. The molecule has 0 aliphatic rings. The Hall–Kier alpha value is -0.580. The molecule has 0 aliphatic heterocycles. The molecule has 1 aromatic rings. The normalized spacial score (nSPS) is 12.9. The maximum Gasteiger partial charge on any atom is 0.174 e. The van der Waals surface area contributed by atoms with Gasteiger partial charge in [0, 0.05) is 12.1 Å². The van der Waals surface area contributed by atoms with Gasteiger partial charge in [0.2, 0.25) is 0 Å². The second-order valence-electron chi connectivity index (χ2n) is 4.01. The number of rotatable bonds is 5. The SMILES string of the molecule is CC(CCN(C)C)Nc1cc(Cl)nnc1Cl. The summed E-state index contributed by atoms with van der Waals surface area (Å²) in [5, 5.41) is 11.3. The minimum absolute atomic E-state index is 0.306. The number of aromatic nitrogens is 2. The van der Waals surface area contributed by atoms with Crippen LogP contribution >= 0.6 is 23.2 Å². The van der Waals surface area contributed by atoms with E-state index in [1.807, 2.05) is 14.1 Å². The Kier molecular flexibility index (Phi) is 5.25. The zero-order valence-electron chi connectivity index (χ0n) is 9.67. The first-order valence-electron chi connectivity index (χ1n) is 5.09. The summed E-state index contributed by atoms with van der Waals surface area (Å²) in [5.74, 6) is 0. The maximum absolute atomic E-state index is 5.90. The van der Waals surface area contributed by atoms with Crippen LogP contribution in [-0.2, 0) is 0 Å². The van der Waals surface area contributed by atoms with E-state index in [9.17, 15) is 0 Å². The van der Waals surface area contributed by atoms with Crippen molar-refractivity contribution in [2.24, 2.45) is 0 Å². The second-order valence-corrected chi connectivity index (χ2v) is 4.75. The molecule has 16 heavy (non-hydrogen) atoms. The van der Waals surface area contributed by atoms with Gasteiger partial charge in [-0.05, 0) is 34.0 Å². The molecular weight excluding hydrogens is 247 g/mol. The standard InChI is InChI=1S/C10H16Cl2N4/c1-7(4-5-16(2)3)13-8-6-9(11)14-15-10(8)12/h6-7H,4-5H2,1-3H3,(H,13,14). The zero-order valence-corrected chi connectivity index (χ0v) is 11.2. The van der Waals surface area contributed by atoms with Gasteiger partial charge in [0.15, 0.2) is 10.3 Å². The van der Waals surface area contributed by atoms with E-state index in [2.05, 4.69) is 27.3 Å². The van der Waals surface area contributed by atoms with Crippen LogP contribution in [-0.4, -0.2) is 41.8 Å². The molecule has 0 aliphatic carbocycles. The van der Waals surface area contributed by atoms with E-state index in [4.69, 9.17) is 23.2 Å². The third-order valence-electron chi connectivity index (χ3n) is 2.13. The van der Waals surface area contributed by atoms with Crippen molar-refractivity contribution in [3.8, 4) is 0 Å². The summed E-state index contributed by atoms with van der Waals surface area (Å²) in [4.78, 5) is 2.14. The first-order valence-corrected chi connectivity index (χ1v) is 5.84. The average molecular weight is 263 g/mol. The quantitative estimate of drug-likeness (QED) is 0.886. The number of halogens is 2. The predicted molar refractivity (Wildman–Crippen MR) is 68.3 cm³/mol. The summed E-state index contributed by atoms with van der Waals surface area (Å²) in [6.45, 7) is 3.10. The van der Waals surface area contributed by atoms with E-state index in [-0.39, 0.29) is 0 Å². The molecule has 1 N–H and O–H groups in total. The van der Waals surface area contributed by atoms with Gasteiger partial charge in [-0.2, -0.15) is 0 Å². The van der Waals surface area contributed by atoms with Gasteiger partial charge in [-0.25, -0.2) is 0 Å². The fourth-order valence-corrected chi connectivity index (χ4v) is 1.54. The van der Waals surface area contributed by atoms with Gasteiger partial charge < -0.3 is 10.2 Å². The fraction of sp³-hybridized carbons (Fsp3) is 0.600. The molecule has 1 unspecified atom stereocenters. The number of anilines is 1. The number of hydrogen-bond donors (Lipinski definition) is 1. The highest BCUT2D eigenvalue weighted by atomic mass is 35.5. The van der Waals surface area contributed by atoms with Crippen LogP contribution in [0, 0.1) is 0 Å². The van der Waals surface area contributed by atoms with Gasteiger partial charge in [-0.15, -0.1) is 10.2 Å². The highest BCUT2D eigenvalue weighted by Gasteiger charge is 2.08. The smallest absolute Gasteiger partial charge is 0.174 e. The molecule has 0 saturated heterocycles. The molecule has 0 bridgehead atoms. The van der Waals surface area contributed by atoms with E-state index in [0.29, 0.717) is 16.3 Å². The Morgan fingerprint density at radius 1 is 1.38 bits per heavy atom. The molecule has 6 heteroatoms. The number of hydrogen-bond acceptors (Lipinski definition) is 4. The average Bonchev–Trinajstić information content (AvgIpc) is 2.20. The minimum atomic E-state index is 0.306. The predicted octanol–water partition coefficient (Wildman–Crippen LogP) is 2.54. The Morgan fingerprint density at radius 2 is 2.06 bits per heavy atom. The zero-order chi connectivity index (χ0) is 12.1. The molecule has 0 radical (unpaired) electrons. The van der Waals surface area contributed by atoms with Gasteiger partial charge in [0.1, 0.15) is 0 Å². The van der Waals surface area contributed by atoms with Crippen molar-refractivity contribution in [3.63, 3.8) is 0 Å². The maximum atomic E-state index is 5.90. The van der Waals surface area contributed by atoms with Crippen LogP contribution in [0.2, 0.25) is 10.3 Å². The van der Waals surface area contributed by atoms with Crippen molar-refractivity contribution in [3.05, 3.63) is 16.4 Å². The summed E-state index contributed by atoms with van der Waals surface area (Å²) in [6, 6.07) is 1.99. The highest BCUT2D eigenvalue weighted by Crippen LogP contribution is 2.21. The van der Waals surface area contributed by atoms with E-state index in [1.165, 1.54) is 0 Å². The molecule has 0 saturated carbocycles. The molecule has 0 amide bonds. The molecule has 0 spiro atoms. The summed E-state index contributed by atoms with van der Waals surface area (Å²) < 4.78 is 0. The lowest BCUT2D eigenvalue weighted by Crippen LogP contribution is -2.23. The van der Waals surface area contributed by atoms with Gasteiger partial charge >= 0.3 is 0 Å². The highest BCUT2D eigenvalue weighted by molar-refractivity contribution is 6.33. The Labute approximate surface area is 106 Å². The van der Waals surface area contributed by atoms with Crippen LogP contribution in [0.1, 0.15) is 13.3 Å². The van der Waals surface area contributed by atoms with Gasteiger partial charge in [-0.3, -0.25) is 0 Å². The van der Waals surface area contributed by atoms with Crippen molar-refractivity contribution in [2.75, 3.05) is 26.0 Å². The van der Waals surface area contributed by atoms with Crippen LogP contribution in [0.15, 0.2) is 6.07 Å². The van der Waals surface area contributed by atoms with Crippen LogP contribution in [0.5, 0.6) is 0 Å². The first kappa shape index (κ1) is 13.5. The lowest BCUT2D eigenvalue weighted by molar-refractivity contribution is 0.390. The number of nitrogens with zero attached hydrogens (tertiary/aromatic N) is 3. The van der Waals surface area contributed by atoms with Crippen molar-refractivity contribution >= 4 is 28.9 Å². The lowest BCUT2D eigenvalue weighted by atomic mass is 10.2. The summed E-state index contributed by atoms with van der Waals surface area (Å²) in [5.41, 5.74) is 0.730. The van der Waals surface area contributed by atoms with E-state index >= 15 is 0 Å². The van der Waals surface area contributed by atoms with E-state index in [1.54, 1.807) is 6.07 Å². The molecule has 1 aromatic heterocycles. The monoisotopic (exact) mass is 262 g/mol. The van der Waals surface area contributed by atoms with Crippen LogP contribution in [0.4, 0.5) is 5.69 Å². The molecule has 0 fully saturated rings. The molecule has 0 aromatic carbocycles. The summed E-state index contributed by atoms with van der Waals surface area (Å²) >= 11 is 11.6. The van der Waals surface area contributed by atoms with E-state index in [0.717, 1.165) is 18.7 Å². The molecule has 1 heterocycles. The van der Waals surface area contributed by atoms with Crippen molar-refractivity contribution in [1.29, 1.82) is 0 Å². The van der Waals surface area contributed by atoms with Crippen LogP contribution in [0.25, 0.3) is 0 Å². The fourth-order valence-electron chi connectivity index (χ4n) is 1.24. The van der Waals surface area contributed by atoms with Crippen molar-refractivity contribution in [2.45, 2.75) is 19.4 Å². The molecular formula is C10H16Cl2N4. The molecule has 1 atom stereocenters. The van der Waals surface area contributed by atoms with Gasteiger partial charge in [-0.1, -0.05) is 23.2 Å². The Morgan fingerprint density at radius 3 is 2.69 bits per heavy atom.